The first-order valence-corrected chi connectivity index (χ1v) is 9.73. The number of nitrogens with one attached hydrogen (secondary N) is 2. The summed E-state index contributed by atoms with van der Waals surface area (Å²) < 4.78 is 0. The van der Waals surface area contributed by atoms with Crippen molar-refractivity contribution in [3.8, 4) is 0 Å². The van der Waals surface area contributed by atoms with Crippen LogP contribution >= 0.6 is 11.3 Å². The lowest BCUT2D eigenvalue weighted by Crippen LogP contribution is -2.28. The SMILES string of the molecule is CC[C@@H](NC(=O)c1ccc(NCc2nccs2)c([N+](=O)[O-])c1)c1ccccc1. The standard InChI is InChI=1S/C20H20N4O3S/c1-2-16(14-6-4-3-5-7-14)23-20(25)15-8-9-17(18(12-15)24(26)27)22-13-19-21-10-11-28-19/h3-12,16,22H,2,13H2,1H3,(H,23,25)/t16-/m1/s1. The molecule has 0 fully saturated rings. The van der Waals surface area contributed by atoms with Crippen LogP contribution in [0.4, 0.5) is 11.4 Å². The molecule has 28 heavy (non-hydrogen) atoms. The lowest BCUT2D eigenvalue weighted by Gasteiger charge is -2.17. The highest BCUT2D eigenvalue weighted by atomic mass is 32.1. The summed E-state index contributed by atoms with van der Waals surface area (Å²) in [5.74, 6) is -0.342. The number of nitrogens with zero attached hydrogens (tertiary/aromatic N) is 2. The highest BCUT2D eigenvalue weighted by molar-refractivity contribution is 7.09. The van der Waals surface area contributed by atoms with Gasteiger partial charge in [-0.15, -0.1) is 11.3 Å². The maximum Gasteiger partial charge on any atom is 0.293 e. The highest BCUT2D eigenvalue weighted by Gasteiger charge is 2.20. The Morgan fingerprint density at radius 3 is 2.68 bits per heavy atom. The number of aromatic nitrogens is 1. The summed E-state index contributed by atoms with van der Waals surface area (Å²) in [5.41, 5.74) is 1.46. The van der Waals surface area contributed by atoms with E-state index in [1.54, 1.807) is 18.3 Å². The van der Waals surface area contributed by atoms with Crippen molar-refractivity contribution in [1.29, 1.82) is 0 Å². The van der Waals surface area contributed by atoms with Crippen LogP contribution in [0.1, 0.15) is 40.3 Å². The molecule has 1 atom stereocenters. The number of nitro benzene ring substituents is 1. The summed E-state index contributed by atoms with van der Waals surface area (Å²) in [6.07, 6.45) is 2.39. The molecule has 3 rings (SSSR count). The van der Waals surface area contributed by atoms with Crippen molar-refractivity contribution >= 4 is 28.6 Å². The summed E-state index contributed by atoms with van der Waals surface area (Å²) in [4.78, 5) is 27.8. The molecule has 0 aliphatic heterocycles. The monoisotopic (exact) mass is 396 g/mol. The number of anilines is 1. The molecular formula is C20H20N4O3S. The molecule has 2 N–H and O–H groups in total. The fraction of sp³-hybridized carbons (Fsp3) is 0.200. The van der Waals surface area contributed by atoms with Crippen LogP contribution in [0.3, 0.4) is 0 Å². The van der Waals surface area contributed by atoms with E-state index in [4.69, 9.17) is 0 Å². The Hall–Kier alpha value is -3.26. The first kappa shape index (κ1) is 19.5. The fourth-order valence-corrected chi connectivity index (χ4v) is 3.39. The van der Waals surface area contributed by atoms with Gasteiger partial charge in [0, 0.05) is 23.2 Å². The third-order valence-electron chi connectivity index (χ3n) is 4.29. The molecule has 0 spiro atoms. The average molecular weight is 396 g/mol. The lowest BCUT2D eigenvalue weighted by molar-refractivity contribution is -0.384. The van der Waals surface area contributed by atoms with Crippen LogP contribution in [0.25, 0.3) is 0 Å². The van der Waals surface area contributed by atoms with Crippen LogP contribution in [0.5, 0.6) is 0 Å². The molecule has 0 aliphatic rings. The zero-order valence-electron chi connectivity index (χ0n) is 15.3. The molecule has 0 aliphatic carbocycles. The number of nitro groups is 1. The van der Waals surface area contributed by atoms with Crippen molar-refractivity contribution in [3.05, 3.63) is 86.4 Å². The maximum absolute atomic E-state index is 12.7. The van der Waals surface area contributed by atoms with E-state index in [2.05, 4.69) is 15.6 Å². The van der Waals surface area contributed by atoms with Gasteiger partial charge in [-0.25, -0.2) is 4.98 Å². The molecule has 0 bridgehead atoms. The quantitative estimate of drug-likeness (QED) is 0.430. The third-order valence-corrected chi connectivity index (χ3v) is 5.07. The van der Waals surface area contributed by atoms with E-state index in [1.165, 1.54) is 17.4 Å². The average Bonchev–Trinajstić information content (AvgIpc) is 3.24. The minimum absolute atomic E-state index is 0.142. The Kier molecular flexibility index (Phi) is 6.33. The zero-order chi connectivity index (χ0) is 19.9. The normalized spacial score (nSPS) is 11.6. The number of rotatable bonds is 8. The minimum Gasteiger partial charge on any atom is -0.373 e. The Labute approximate surface area is 166 Å². The van der Waals surface area contributed by atoms with Gasteiger partial charge in [-0.05, 0) is 24.1 Å². The topological polar surface area (TPSA) is 97.2 Å². The van der Waals surface area contributed by atoms with Crippen molar-refractivity contribution in [2.45, 2.75) is 25.9 Å². The first-order valence-electron chi connectivity index (χ1n) is 8.85. The number of thiazole rings is 1. The molecule has 7 nitrogen and oxygen atoms in total. The predicted octanol–water partition coefficient (Wildman–Crippen LogP) is 4.54. The van der Waals surface area contributed by atoms with Crippen molar-refractivity contribution < 1.29 is 9.72 Å². The van der Waals surface area contributed by atoms with Gasteiger partial charge in [-0.1, -0.05) is 37.3 Å². The van der Waals surface area contributed by atoms with Crippen LogP contribution in [0.2, 0.25) is 0 Å². The van der Waals surface area contributed by atoms with E-state index in [-0.39, 0.29) is 23.2 Å². The van der Waals surface area contributed by atoms with Crippen LogP contribution in [-0.4, -0.2) is 15.8 Å². The van der Waals surface area contributed by atoms with Crippen molar-refractivity contribution in [2.24, 2.45) is 0 Å². The van der Waals surface area contributed by atoms with Gasteiger partial charge in [0.25, 0.3) is 11.6 Å². The zero-order valence-corrected chi connectivity index (χ0v) is 16.1. The van der Waals surface area contributed by atoms with Gasteiger partial charge in [-0.2, -0.15) is 0 Å². The second-order valence-electron chi connectivity index (χ2n) is 6.11. The smallest absolute Gasteiger partial charge is 0.293 e. The Bertz CT molecular complexity index is 945. The molecule has 1 amide bonds. The van der Waals surface area contributed by atoms with Gasteiger partial charge >= 0.3 is 0 Å². The Balaban J connectivity index is 1.76. The molecule has 8 heteroatoms. The predicted molar refractivity (Wildman–Crippen MR) is 109 cm³/mol. The van der Waals surface area contributed by atoms with Crippen LogP contribution in [0, 0.1) is 10.1 Å². The summed E-state index contributed by atoms with van der Waals surface area (Å²) in [5, 5.41) is 20.1. The van der Waals surface area contributed by atoms with Crippen molar-refractivity contribution in [3.63, 3.8) is 0 Å². The number of hydrogen-bond acceptors (Lipinski definition) is 6. The third kappa shape index (κ3) is 4.72. The molecule has 144 valence electrons. The van der Waals surface area contributed by atoms with E-state index < -0.39 is 4.92 Å². The largest absolute Gasteiger partial charge is 0.373 e. The summed E-state index contributed by atoms with van der Waals surface area (Å²) in [7, 11) is 0. The van der Waals surface area contributed by atoms with Gasteiger partial charge in [0.05, 0.1) is 17.5 Å². The highest BCUT2D eigenvalue weighted by Crippen LogP contribution is 2.27. The summed E-state index contributed by atoms with van der Waals surface area (Å²) >= 11 is 1.46. The van der Waals surface area contributed by atoms with Crippen LogP contribution in [0.15, 0.2) is 60.1 Å². The molecule has 0 saturated heterocycles. The molecule has 0 saturated carbocycles. The molecular weight excluding hydrogens is 376 g/mol. The second-order valence-corrected chi connectivity index (χ2v) is 7.09. The lowest BCUT2D eigenvalue weighted by atomic mass is 10.0. The van der Waals surface area contributed by atoms with Gasteiger partial charge in [0.15, 0.2) is 0 Å². The Morgan fingerprint density at radius 1 is 1.25 bits per heavy atom. The van der Waals surface area contributed by atoms with E-state index >= 15 is 0 Å². The Morgan fingerprint density at radius 2 is 2.04 bits per heavy atom. The number of carbonyl (C=O) groups is 1. The van der Waals surface area contributed by atoms with Crippen LogP contribution in [-0.2, 0) is 6.54 Å². The number of amides is 1. The summed E-state index contributed by atoms with van der Waals surface area (Å²) in [6.45, 7) is 2.36. The van der Waals surface area contributed by atoms with Gasteiger partial charge < -0.3 is 10.6 Å². The number of hydrogen-bond donors (Lipinski definition) is 2. The number of benzene rings is 2. The maximum atomic E-state index is 12.7. The van der Waals surface area contributed by atoms with E-state index in [0.29, 0.717) is 18.7 Å². The second kappa shape index (κ2) is 9.09. The minimum atomic E-state index is -0.491. The molecule has 0 radical (unpaired) electrons. The molecule has 3 aromatic rings. The molecule has 0 unspecified atom stereocenters. The fourth-order valence-electron chi connectivity index (χ4n) is 2.83. The first-order chi connectivity index (χ1) is 13.6. The van der Waals surface area contributed by atoms with E-state index in [1.807, 2.05) is 42.6 Å². The van der Waals surface area contributed by atoms with Crippen molar-refractivity contribution in [2.75, 3.05) is 5.32 Å². The van der Waals surface area contributed by atoms with Gasteiger partial charge in [0.1, 0.15) is 10.7 Å². The molecule has 2 aromatic carbocycles. The van der Waals surface area contributed by atoms with Gasteiger partial charge in [-0.3, -0.25) is 14.9 Å². The van der Waals surface area contributed by atoms with E-state index in [9.17, 15) is 14.9 Å². The van der Waals surface area contributed by atoms with Crippen molar-refractivity contribution in [1.82, 2.24) is 10.3 Å². The van der Waals surface area contributed by atoms with Crippen LogP contribution < -0.4 is 10.6 Å². The van der Waals surface area contributed by atoms with Gasteiger partial charge in [0.2, 0.25) is 0 Å². The summed E-state index contributed by atoms with van der Waals surface area (Å²) in [6, 6.07) is 13.9. The molecule has 1 aromatic heterocycles. The number of carbonyl (C=O) groups excluding carboxylic acids is 1. The molecule has 1 heterocycles. The van der Waals surface area contributed by atoms with E-state index in [0.717, 1.165) is 10.6 Å².